The van der Waals surface area contributed by atoms with Crippen LogP contribution in [0.1, 0.15) is 46.5 Å². The summed E-state index contributed by atoms with van der Waals surface area (Å²) in [5.41, 5.74) is 3.17. The van der Waals surface area contributed by atoms with E-state index in [2.05, 4.69) is 10.6 Å². The maximum Gasteiger partial charge on any atom is 0.411 e. The second-order valence-corrected chi connectivity index (χ2v) is 9.25. The molecule has 1 aliphatic carbocycles. The van der Waals surface area contributed by atoms with Gasteiger partial charge in [-0.3, -0.25) is 5.32 Å². The van der Waals surface area contributed by atoms with Gasteiger partial charge in [-0.15, -0.1) is 0 Å². The number of aromatic carboxylic acids is 1. The number of carbonyl (C=O) groups is 2. The molecule has 4 N–H and O–H groups in total. The lowest BCUT2D eigenvalue weighted by molar-refractivity contribution is 0.0697. The van der Waals surface area contributed by atoms with Crippen LogP contribution in [-0.2, 0) is 17.6 Å². The molecule has 2 atom stereocenters. The minimum absolute atomic E-state index is 0.106. The van der Waals surface area contributed by atoms with Crippen molar-refractivity contribution in [2.24, 2.45) is 0 Å². The number of hydrogen-bond donors (Lipinski definition) is 4. The number of nitrogens with one attached hydrogen (secondary N) is 2. The number of carboxylic acids is 1. The van der Waals surface area contributed by atoms with Gasteiger partial charge in [-0.2, -0.15) is 0 Å². The summed E-state index contributed by atoms with van der Waals surface area (Å²) in [5, 5.41) is 26.6. The molecule has 0 fully saturated rings. The topological polar surface area (TPSA) is 117 Å². The number of fused-ring (bicyclic) bond motifs is 1. The van der Waals surface area contributed by atoms with Crippen molar-refractivity contribution in [1.82, 2.24) is 5.32 Å². The van der Waals surface area contributed by atoms with E-state index in [1.807, 2.05) is 30.3 Å². The molecule has 9 heteroatoms. The molecule has 37 heavy (non-hydrogen) atoms. The number of carbonyl (C=O) groups excluding carboxylic acids is 1. The number of carboxylic acid groups (broad SMARTS) is 1. The number of halogens is 1. The van der Waals surface area contributed by atoms with Crippen molar-refractivity contribution >= 4 is 29.4 Å². The van der Waals surface area contributed by atoms with Gasteiger partial charge < -0.3 is 25.0 Å². The summed E-state index contributed by atoms with van der Waals surface area (Å²) in [6, 6.07) is 17.7. The van der Waals surface area contributed by atoms with E-state index in [-0.39, 0.29) is 23.9 Å². The Bertz CT molecular complexity index is 1280. The SMILES string of the molecule is CCOC(=O)Nc1ccc(Oc2ccc3c(c2)C[C@@H](NC[C@@H](O)c2cccc(Cl)c2)CC3)cc1C(=O)O. The van der Waals surface area contributed by atoms with Crippen molar-refractivity contribution in [1.29, 1.82) is 0 Å². The zero-order chi connectivity index (χ0) is 26.4. The molecule has 1 aliphatic rings. The lowest BCUT2D eigenvalue weighted by Gasteiger charge is -2.27. The van der Waals surface area contributed by atoms with Crippen LogP contribution in [0, 0.1) is 0 Å². The van der Waals surface area contributed by atoms with E-state index >= 15 is 0 Å². The predicted molar refractivity (Wildman–Crippen MR) is 141 cm³/mol. The number of hydrogen-bond acceptors (Lipinski definition) is 6. The Kier molecular flexibility index (Phi) is 8.66. The first kappa shape index (κ1) is 26.5. The van der Waals surface area contributed by atoms with Crippen molar-refractivity contribution in [2.75, 3.05) is 18.5 Å². The van der Waals surface area contributed by atoms with Crippen LogP contribution in [-0.4, -0.2) is 41.5 Å². The molecule has 4 rings (SSSR count). The Balaban J connectivity index is 1.41. The molecule has 8 nitrogen and oxygen atoms in total. The highest BCUT2D eigenvalue weighted by Gasteiger charge is 2.21. The van der Waals surface area contributed by atoms with Crippen LogP contribution >= 0.6 is 11.6 Å². The summed E-state index contributed by atoms with van der Waals surface area (Å²) in [5.74, 6) is -0.278. The van der Waals surface area contributed by atoms with Gasteiger partial charge in [0.15, 0.2) is 0 Å². The average molecular weight is 525 g/mol. The number of ether oxygens (including phenoxy) is 2. The average Bonchev–Trinajstić information content (AvgIpc) is 2.88. The normalized spacial score (nSPS) is 15.4. The predicted octanol–water partition coefficient (Wildman–Crippen LogP) is 5.58. The Morgan fingerprint density at radius 1 is 1.08 bits per heavy atom. The van der Waals surface area contributed by atoms with Crippen LogP contribution in [0.25, 0.3) is 0 Å². The van der Waals surface area contributed by atoms with Gasteiger partial charge in [0.25, 0.3) is 0 Å². The Labute approximate surface area is 220 Å². The zero-order valence-corrected chi connectivity index (χ0v) is 21.1. The molecule has 0 aromatic heterocycles. The Morgan fingerprint density at radius 2 is 1.86 bits per heavy atom. The third kappa shape index (κ3) is 7.01. The smallest absolute Gasteiger partial charge is 0.411 e. The highest BCUT2D eigenvalue weighted by Crippen LogP contribution is 2.31. The van der Waals surface area contributed by atoms with E-state index in [0.29, 0.717) is 23.1 Å². The largest absolute Gasteiger partial charge is 0.478 e. The summed E-state index contributed by atoms with van der Waals surface area (Å²) < 4.78 is 10.8. The first-order valence-electron chi connectivity index (χ1n) is 12.1. The van der Waals surface area contributed by atoms with E-state index in [4.69, 9.17) is 21.1 Å². The molecule has 0 unspecified atom stereocenters. The fourth-order valence-corrected chi connectivity index (χ4v) is 4.57. The van der Waals surface area contributed by atoms with Crippen LogP contribution in [0.3, 0.4) is 0 Å². The third-order valence-electron chi connectivity index (χ3n) is 6.21. The number of amides is 1. The summed E-state index contributed by atoms with van der Waals surface area (Å²) in [6.45, 7) is 2.25. The van der Waals surface area contributed by atoms with E-state index in [9.17, 15) is 19.8 Å². The summed E-state index contributed by atoms with van der Waals surface area (Å²) >= 11 is 6.04. The zero-order valence-electron chi connectivity index (χ0n) is 20.4. The quantitative estimate of drug-likeness (QED) is 0.288. The van der Waals surface area contributed by atoms with E-state index in [1.54, 1.807) is 25.1 Å². The fraction of sp³-hybridized carbons (Fsp3) is 0.286. The fourth-order valence-electron chi connectivity index (χ4n) is 4.37. The van der Waals surface area contributed by atoms with Gasteiger partial charge in [-0.25, -0.2) is 9.59 Å². The van der Waals surface area contributed by atoms with E-state index in [0.717, 1.165) is 30.4 Å². The van der Waals surface area contributed by atoms with Gasteiger partial charge in [-0.1, -0.05) is 29.8 Å². The standard InChI is InChI=1S/C28H29ClN2O6/c1-2-36-28(35)31-25-11-10-23(15-24(25)27(33)34)37-22-9-7-17-6-8-21(13-19(17)14-22)30-16-26(32)18-4-3-5-20(29)12-18/h3-5,7,9-12,14-15,21,26,30,32H,2,6,8,13,16H2,1H3,(H,31,35)(H,33,34)/t21-,26+/m0/s1. The number of anilines is 1. The van der Waals surface area contributed by atoms with Crippen molar-refractivity contribution in [3.05, 3.63) is 87.9 Å². The van der Waals surface area contributed by atoms with Gasteiger partial charge >= 0.3 is 12.1 Å². The van der Waals surface area contributed by atoms with Gasteiger partial charge in [0.2, 0.25) is 0 Å². The lowest BCUT2D eigenvalue weighted by Crippen LogP contribution is -2.37. The van der Waals surface area contributed by atoms with Crippen molar-refractivity contribution in [3.63, 3.8) is 0 Å². The van der Waals surface area contributed by atoms with Crippen LogP contribution in [0.5, 0.6) is 11.5 Å². The summed E-state index contributed by atoms with van der Waals surface area (Å²) in [6.07, 6.45) is 1.25. The molecular formula is C28H29ClN2O6. The highest BCUT2D eigenvalue weighted by molar-refractivity contribution is 6.30. The second kappa shape index (κ2) is 12.1. The van der Waals surface area contributed by atoms with Gasteiger partial charge in [0.1, 0.15) is 11.5 Å². The minimum Gasteiger partial charge on any atom is -0.478 e. The van der Waals surface area contributed by atoms with Crippen LogP contribution < -0.4 is 15.4 Å². The van der Waals surface area contributed by atoms with Crippen LogP contribution in [0.4, 0.5) is 10.5 Å². The maximum atomic E-state index is 11.7. The lowest BCUT2D eigenvalue weighted by atomic mass is 9.88. The second-order valence-electron chi connectivity index (χ2n) is 8.81. The first-order chi connectivity index (χ1) is 17.8. The van der Waals surface area contributed by atoms with E-state index < -0.39 is 18.2 Å². The number of aliphatic hydroxyl groups excluding tert-OH is 1. The first-order valence-corrected chi connectivity index (χ1v) is 12.5. The number of rotatable bonds is 9. The van der Waals surface area contributed by atoms with Gasteiger partial charge in [-0.05, 0) is 85.3 Å². The van der Waals surface area contributed by atoms with Crippen molar-refractivity contribution < 1.29 is 29.3 Å². The molecule has 0 heterocycles. The highest BCUT2D eigenvalue weighted by atomic mass is 35.5. The molecule has 0 bridgehead atoms. The maximum absolute atomic E-state index is 11.7. The molecule has 0 radical (unpaired) electrons. The van der Waals surface area contributed by atoms with Gasteiger partial charge in [0.05, 0.1) is 24.0 Å². The van der Waals surface area contributed by atoms with Crippen molar-refractivity contribution in [2.45, 2.75) is 38.3 Å². The minimum atomic E-state index is -1.20. The molecule has 3 aromatic rings. The number of benzene rings is 3. The molecule has 3 aromatic carbocycles. The molecular weight excluding hydrogens is 496 g/mol. The van der Waals surface area contributed by atoms with Crippen molar-refractivity contribution in [3.8, 4) is 11.5 Å². The van der Waals surface area contributed by atoms with Gasteiger partial charge in [0, 0.05) is 17.6 Å². The number of aryl methyl sites for hydroxylation is 1. The Morgan fingerprint density at radius 3 is 2.62 bits per heavy atom. The third-order valence-corrected chi connectivity index (χ3v) is 6.44. The molecule has 0 aliphatic heterocycles. The summed E-state index contributed by atoms with van der Waals surface area (Å²) in [4.78, 5) is 23.4. The molecule has 1 amide bonds. The molecule has 0 saturated carbocycles. The van der Waals surface area contributed by atoms with Crippen LogP contribution in [0.2, 0.25) is 5.02 Å². The molecule has 194 valence electrons. The van der Waals surface area contributed by atoms with Crippen LogP contribution in [0.15, 0.2) is 60.7 Å². The number of aliphatic hydroxyl groups is 1. The molecule has 0 spiro atoms. The summed E-state index contributed by atoms with van der Waals surface area (Å²) in [7, 11) is 0. The Hall–Kier alpha value is -3.59. The molecule has 0 saturated heterocycles. The monoisotopic (exact) mass is 524 g/mol. The van der Waals surface area contributed by atoms with E-state index in [1.165, 1.54) is 17.7 Å².